The molecule has 3 aromatic rings. The van der Waals surface area contributed by atoms with Crippen LogP contribution < -0.4 is 9.62 Å². The summed E-state index contributed by atoms with van der Waals surface area (Å²) in [6.07, 6.45) is 1.06. The van der Waals surface area contributed by atoms with Gasteiger partial charge in [0.15, 0.2) is 0 Å². The number of amides is 2. The maximum Gasteiger partial charge on any atom is 0.264 e. The lowest BCUT2D eigenvalue weighted by atomic mass is 10.1. The molecule has 0 spiro atoms. The molecule has 39 heavy (non-hydrogen) atoms. The SMILES string of the molecule is CC[C@H](C)NC(=O)[C@H](CC)N(Cc1ccccc1Cl)C(=O)CN(c1cccc(Br)c1)S(=O)(=O)c1ccccc1. The first-order valence-electron chi connectivity index (χ1n) is 12.7. The molecular weight excluding hydrogens is 602 g/mol. The average molecular weight is 635 g/mol. The van der Waals surface area contributed by atoms with Crippen molar-refractivity contribution in [1.29, 1.82) is 0 Å². The Bertz CT molecular complexity index is 1390. The van der Waals surface area contributed by atoms with Crippen molar-refractivity contribution in [3.8, 4) is 0 Å². The van der Waals surface area contributed by atoms with Crippen LogP contribution in [0.5, 0.6) is 0 Å². The van der Waals surface area contributed by atoms with Crippen LogP contribution >= 0.6 is 27.5 Å². The van der Waals surface area contributed by atoms with E-state index in [2.05, 4.69) is 21.2 Å². The van der Waals surface area contributed by atoms with Gasteiger partial charge < -0.3 is 10.2 Å². The standard InChI is InChI=1S/C29H33BrClN3O4S/c1-4-21(3)32-29(36)27(5-2)33(19-22-12-9-10-17-26(22)31)28(35)20-34(24-14-11-13-23(30)18-24)39(37,38)25-15-7-6-8-16-25/h6-18,21,27H,4-5,19-20H2,1-3H3,(H,32,36)/t21-,27-/m0/s1. The highest BCUT2D eigenvalue weighted by Crippen LogP contribution is 2.27. The zero-order chi connectivity index (χ0) is 28.6. The number of halogens is 2. The Morgan fingerprint density at radius 3 is 2.23 bits per heavy atom. The first-order valence-corrected chi connectivity index (χ1v) is 15.4. The molecule has 3 rings (SSSR count). The summed E-state index contributed by atoms with van der Waals surface area (Å²) in [5, 5.41) is 3.41. The Morgan fingerprint density at radius 2 is 1.62 bits per heavy atom. The van der Waals surface area contributed by atoms with Crippen LogP contribution in [0.4, 0.5) is 5.69 Å². The number of rotatable bonds is 12. The third-order valence-electron chi connectivity index (χ3n) is 6.39. The van der Waals surface area contributed by atoms with Gasteiger partial charge in [0.1, 0.15) is 12.6 Å². The van der Waals surface area contributed by atoms with E-state index in [-0.39, 0.29) is 23.4 Å². The van der Waals surface area contributed by atoms with Crippen LogP contribution in [0.2, 0.25) is 5.02 Å². The maximum absolute atomic E-state index is 14.1. The summed E-state index contributed by atoms with van der Waals surface area (Å²) in [6, 6.07) is 20.9. The molecular formula is C29H33BrClN3O4S. The highest BCUT2D eigenvalue weighted by Gasteiger charge is 2.34. The quantitative estimate of drug-likeness (QED) is 0.264. The molecule has 7 nitrogen and oxygen atoms in total. The van der Waals surface area contributed by atoms with Crippen LogP contribution in [0.3, 0.4) is 0 Å². The number of hydrogen-bond donors (Lipinski definition) is 1. The van der Waals surface area contributed by atoms with Crippen molar-refractivity contribution in [3.63, 3.8) is 0 Å². The van der Waals surface area contributed by atoms with Crippen molar-refractivity contribution in [1.82, 2.24) is 10.2 Å². The van der Waals surface area contributed by atoms with E-state index in [4.69, 9.17) is 11.6 Å². The fraction of sp³-hybridized carbons (Fsp3) is 0.310. The van der Waals surface area contributed by atoms with Crippen molar-refractivity contribution in [2.24, 2.45) is 0 Å². The molecule has 208 valence electrons. The molecule has 2 amide bonds. The van der Waals surface area contributed by atoms with Crippen LogP contribution in [-0.4, -0.2) is 43.8 Å². The number of carbonyl (C=O) groups excluding carboxylic acids is 2. The molecule has 0 radical (unpaired) electrons. The van der Waals surface area contributed by atoms with Crippen LogP contribution in [0.15, 0.2) is 88.2 Å². The second-order valence-corrected chi connectivity index (χ2v) is 12.3. The third kappa shape index (κ3) is 7.84. The second-order valence-electron chi connectivity index (χ2n) is 9.16. The lowest BCUT2D eigenvalue weighted by Gasteiger charge is -2.34. The fourth-order valence-electron chi connectivity index (χ4n) is 4.05. The normalized spacial score (nSPS) is 12.8. The van der Waals surface area contributed by atoms with Crippen LogP contribution in [0.1, 0.15) is 39.2 Å². The number of benzene rings is 3. The smallest absolute Gasteiger partial charge is 0.264 e. The summed E-state index contributed by atoms with van der Waals surface area (Å²) in [4.78, 5) is 28.8. The maximum atomic E-state index is 14.1. The van der Waals surface area contributed by atoms with E-state index in [1.165, 1.54) is 17.0 Å². The first kappa shape index (κ1) is 30.7. The molecule has 0 aliphatic heterocycles. The summed E-state index contributed by atoms with van der Waals surface area (Å²) >= 11 is 9.83. The predicted molar refractivity (Wildman–Crippen MR) is 159 cm³/mol. The molecule has 0 unspecified atom stereocenters. The third-order valence-corrected chi connectivity index (χ3v) is 9.04. The lowest BCUT2D eigenvalue weighted by molar-refractivity contribution is -0.140. The zero-order valence-corrected chi connectivity index (χ0v) is 25.3. The first-order chi connectivity index (χ1) is 18.6. The van der Waals surface area contributed by atoms with Gasteiger partial charge in [-0.15, -0.1) is 0 Å². The van der Waals surface area contributed by atoms with Gasteiger partial charge in [-0.25, -0.2) is 8.42 Å². The molecule has 0 aliphatic carbocycles. The highest BCUT2D eigenvalue weighted by atomic mass is 79.9. The second kappa shape index (κ2) is 14.0. The van der Waals surface area contributed by atoms with Gasteiger partial charge in [-0.1, -0.05) is 83.8 Å². The van der Waals surface area contributed by atoms with Crippen molar-refractivity contribution in [2.75, 3.05) is 10.8 Å². The number of hydrogen-bond acceptors (Lipinski definition) is 4. The van der Waals surface area contributed by atoms with Gasteiger partial charge in [0.05, 0.1) is 10.6 Å². The average Bonchev–Trinajstić information content (AvgIpc) is 2.92. The number of nitrogens with one attached hydrogen (secondary N) is 1. The van der Waals surface area contributed by atoms with E-state index in [9.17, 15) is 18.0 Å². The van der Waals surface area contributed by atoms with E-state index in [0.717, 1.165) is 10.7 Å². The number of carbonyl (C=O) groups is 2. The van der Waals surface area contributed by atoms with Gasteiger partial charge in [-0.3, -0.25) is 13.9 Å². The monoisotopic (exact) mass is 633 g/mol. The van der Waals surface area contributed by atoms with Gasteiger partial charge in [0.2, 0.25) is 11.8 Å². The van der Waals surface area contributed by atoms with E-state index in [1.807, 2.05) is 20.8 Å². The van der Waals surface area contributed by atoms with Crippen molar-refractivity contribution >= 4 is 55.1 Å². The highest BCUT2D eigenvalue weighted by molar-refractivity contribution is 9.10. The van der Waals surface area contributed by atoms with Crippen molar-refractivity contribution in [2.45, 2.75) is 57.1 Å². The minimum absolute atomic E-state index is 0.0443. The fourth-order valence-corrected chi connectivity index (χ4v) is 6.06. The van der Waals surface area contributed by atoms with E-state index >= 15 is 0 Å². The topological polar surface area (TPSA) is 86.8 Å². The molecule has 0 saturated heterocycles. The largest absolute Gasteiger partial charge is 0.352 e. The summed E-state index contributed by atoms with van der Waals surface area (Å²) < 4.78 is 29.4. The molecule has 0 aliphatic rings. The van der Waals surface area contributed by atoms with Crippen LogP contribution in [0, 0.1) is 0 Å². The van der Waals surface area contributed by atoms with Gasteiger partial charge in [-0.05, 0) is 61.7 Å². The van der Waals surface area contributed by atoms with Gasteiger partial charge in [0, 0.05) is 22.1 Å². The van der Waals surface area contributed by atoms with Gasteiger partial charge >= 0.3 is 0 Å². The van der Waals surface area contributed by atoms with Gasteiger partial charge in [-0.2, -0.15) is 0 Å². The molecule has 0 heterocycles. The molecule has 0 bridgehead atoms. The Labute approximate surface area is 244 Å². The van der Waals surface area contributed by atoms with Crippen LogP contribution in [0.25, 0.3) is 0 Å². The Morgan fingerprint density at radius 1 is 0.949 bits per heavy atom. The van der Waals surface area contributed by atoms with Crippen LogP contribution in [-0.2, 0) is 26.2 Å². The molecule has 3 aromatic carbocycles. The Hall–Kier alpha value is -2.88. The van der Waals surface area contributed by atoms with Crippen molar-refractivity contribution in [3.05, 3.63) is 93.9 Å². The zero-order valence-electron chi connectivity index (χ0n) is 22.2. The number of sulfonamides is 1. The van der Waals surface area contributed by atoms with E-state index in [0.29, 0.717) is 27.2 Å². The minimum atomic E-state index is -4.12. The molecule has 0 aromatic heterocycles. The summed E-state index contributed by atoms with van der Waals surface area (Å²) in [5.74, 6) is -0.826. The predicted octanol–water partition coefficient (Wildman–Crippen LogP) is 6.02. The minimum Gasteiger partial charge on any atom is -0.352 e. The number of nitrogens with zero attached hydrogens (tertiary/aromatic N) is 2. The summed E-state index contributed by atoms with van der Waals surface area (Å²) in [5.41, 5.74) is 0.971. The van der Waals surface area contributed by atoms with E-state index in [1.54, 1.807) is 66.7 Å². The van der Waals surface area contributed by atoms with E-state index < -0.39 is 28.5 Å². The molecule has 10 heteroatoms. The lowest BCUT2D eigenvalue weighted by Crippen LogP contribution is -2.53. The van der Waals surface area contributed by atoms with Gasteiger partial charge in [0.25, 0.3) is 10.0 Å². The number of anilines is 1. The molecule has 2 atom stereocenters. The Kier molecular flexibility index (Phi) is 11.0. The summed E-state index contributed by atoms with van der Waals surface area (Å²) in [7, 11) is -4.12. The summed E-state index contributed by atoms with van der Waals surface area (Å²) in [6.45, 7) is 5.21. The molecule has 0 saturated carbocycles. The molecule has 1 N–H and O–H groups in total. The van der Waals surface area contributed by atoms with Crippen molar-refractivity contribution < 1.29 is 18.0 Å². The molecule has 0 fully saturated rings. The Balaban J connectivity index is 2.06.